The number of rotatable bonds is 3. The molecule has 2 heterocycles. The number of halogens is 1. The monoisotopic (exact) mass is 260 g/mol. The van der Waals surface area contributed by atoms with Gasteiger partial charge in [0.05, 0.1) is 12.7 Å². The van der Waals surface area contributed by atoms with Gasteiger partial charge in [-0.1, -0.05) is 18.5 Å². The number of thiazole rings is 1. The van der Waals surface area contributed by atoms with Crippen LogP contribution in [0.5, 0.6) is 0 Å². The summed E-state index contributed by atoms with van der Waals surface area (Å²) in [6.07, 6.45) is 2.53. The topological polar surface area (TPSA) is 53.4 Å². The average molecular weight is 261 g/mol. The van der Waals surface area contributed by atoms with Crippen LogP contribution in [0.3, 0.4) is 0 Å². The van der Waals surface area contributed by atoms with E-state index in [2.05, 4.69) is 4.98 Å². The highest BCUT2D eigenvalue weighted by molar-refractivity contribution is 7.15. The van der Waals surface area contributed by atoms with Gasteiger partial charge in [-0.3, -0.25) is 9.69 Å². The van der Waals surface area contributed by atoms with Crippen LogP contribution < -0.4 is 0 Å². The number of hydrogen-bond acceptors (Lipinski definition) is 4. The van der Waals surface area contributed by atoms with E-state index in [9.17, 15) is 4.79 Å². The molecule has 1 aliphatic heterocycles. The molecule has 0 bridgehead atoms. The number of carboxylic acid groups (broad SMARTS) is 1. The van der Waals surface area contributed by atoms with Crippen molar-refractivity contribution in [2.24, 2.45) is 5.92 Å². The Kier molecular flexibility index (Phi) is 3.47. The van der Waals surface area contributed by atoms with Crippen molar-refractivity contribution in [1.29, 1.82) is 0 Å². The van der Waals surface area contributed by atoms with Crippen LogP contribution in [-0.4, -0.2) is 33.5 Å². The quantitative estimate of drug-likeness (QED) is 0.904. The molecule has 0 aromatic carbocycles. The van der Waals surface area contributed by atoms with Crippen molar-refractivity contribution in [1.82, 2.24) is 9.88 Å². The summed E-state index contributed by atoms with van der Waals surface area (Å²) >= 11 is 7.20. The van der Waals surface area contributed by atoms with E-state index in [0.29, 0.717) is 10.9 Å². The summed E-state index contributed by atoms with van der Waals surface area (Å²) in [5.41, 5.74) is 0. The van der Waals surface area contributed by atoms with Gasteiger partial charge in [-0.05, 0) is 18.9 Å². The fraction of sp³-hybridized carbons (Fsp3) is 0.600. The van der Waals surface area contributed by atoms with Crippen molar-refractivity contribution in [2.45, 2.75) is 25.9 Å². The third-order valence-corrected chi connectivity index (χ3v) is 4.02. The van der Waals surface area contributed by atoms with E-state index in [0.717, 1.165) is 18.0 Å². The van der Waals surface area contributed by atoms with Crippen molar-refractivity contribution in [2.75, 3.05) is 6.54 Å². The Bertz CT molecular complexity index is 396. The Morgan fingerprint density at radius 1 is 1.81 bits per heavy atom. The number of carbonyl (C=O) groups is 1. The van der Waals surface area contributed by atoms with E-state index < -0.39 is 5.97 Å². The van der Waals surface area contributed by atoms with Gasteiger partial charge >= 0.3 is 5.97 Å². The maximum Gasteiger partial charge on any atom is 0.321 e. The second-order valence-electron chi connectivity index (χ2n) is 4.08. The fourth-order valence-corrected chi connectivity index (χ4v) is 3.12. The summed E-state index contributed by atoms with van der Waals surface area (Å²) in [5.74, 6) is -0.541. The minimum atomic E-state index is -0.743. The molecule has 0 aliphatic carbocycles. The normalized spacial score (nSPS) is 26.1. The number of aromatic nitrogens is 1. The lowest BCUT2D eigenvalue weighted by Crippen LogP contribution is -2.38. The Hall–Kier alpha value is -0.650. The fourth-order valence-electron chi connectivity index (χ4n) is 2.14. The average Bonchev–Trinajstić information content (AvgIpc) is 2.74. The molecular formula is C10H13ClN2O2S. The number of likely N-dealkylation sites (tertiary alicyclic amines) is 1. The summed E-state index contributed by atoms with van der Waals surface area (Å²) in [4.78, 5) is 17.2. The van der Waals surface area contributed by atoms with Crippen LogP contribution in [0, 0.1) is 5.92 Å². The van der Waals surface area contributed by atoms with Crippen LogP contribution in [0.15, 0.2) is 6.20 Å². The van der Waals surface area contributed by atoms with Gasteiger partial charge in [0.25, 0.3) is 0 Å². The molecule has 1 saturated heterocycles. The van der Waals surface area contributed by atoms with Gasteiger partial charge in [-0.15, -0.1) is 11.3 Å². The summed E-state index contributed by atoms with van der Waals surface area (Å²) < 4.78 is 0.647. The van der Waals surface area contributed by atoms with Crippen molar-refractivity contribution >= 4 is 28.9 Å². The summed E-state index contributed by atoms with van der Waals surface area (Å²) in [5, 5.41) is 10.0. The summed E-state index contributed by atoms with van der Waals surface area (Å²) in [7, 11) is 0. The highest BCUT2D eigenvalue weighted by Crippen LogP contribution is 2.27. The van der Waals surface area contributed by atoms with Crippen molar-refractivity contribution in [3.05, 3.63) is 15.5 Å². The molecule has 0 spiro atoms. The molecule has 0 saturated carbocycles. The second kappa shape index (κ2) is 4.69. The zero-order valence-corrected chi connectivity index (χ0v) is 10.5. The summed E-state index contributed by atoms with van der Waals surface area (Å²) in [6, 6.07) is -0.386. The molecule has 16 heavy (non-hydrogen) atoms. The Morgan fingerprint density at radius 3 is 3.12 bits per heavy atom. The molecule has 88 valence electrons. The lowest BCUT2D eigenvalue weighted by molar-refractivity contribution is -0.143. The van der Waals surface area contributed by atoms with Gasteiger partial charge < -0.3 is 5.11 Å². The van der Waals surface area contributed by atoms with E-state index >= 15 is 0 Å². The third kappa shape index (κ3) is 2.36. The maximum absolute atomic E-state index is 11.1. The maximum atomic E-state index is 11.1. The van der Waals surface area contributed by atoms with Crippen LogP contribution in [-0.2, 0) is 11.3 Å². The molecule has 0 amide bonds. The molecule has 1 aromatic heterocycles. The van der Waals surface area contributed by atoms with Crippen LogP contribution in [0.2, 0.25) is 4.34 Å². The Labute approximate surface area is 103 Å². The minimum Gasteiger partial charge on any atom is -0.480 e. The molecule has 2 rings (SSSR count). The van der Waals surface area contributed by atoms with Crippen molar-refractivity contribution in [3.8, 4) is 0 Å². The van der Waals surface area contributed by atoms with Gasteiger partial charge in [0.2, 0.25) is 0 Å². The van der Waals surface area contributed by atoms with Gasteiger partial charge in [0.15, 0.2) is 0 Å². The van der Waals surface area contributed by atoms with Crippen molar-refractivity contribution < 1.29 is 9.90 Å². The molecule has 4 nitrogen and oxygen atoms in total. The van der Waals surface area contributed by atoms with E-state index in [1.54, 1.807) is 6.20 Å². The second-order valence-corrected chi connectivity index (χ2v) is 5.82. The summed E-state index contributed by atoms with van der Waals surface area (Å²) in [6.45, 7) is 3.38. The van der Waals surface area contributed by atoms with E-state index in [1.165, 1.54) is 11.3 Å². The Balaban J connectivity index is 2.07. The molecule has 1 N–H and O–H groups in total. The molecule has 0 radical (unpaired) electrons. The first-order valence-corrected chi connectivity index (χ1v) is 6.34. The molecule has 1 aliphatic rings. The van der Waals surface area contributed by atoms with E-state index in [-0.39, 0.29) is 12.0 Å². The molecule has 1 fully saturated rings. The number of nitrogens with zero attached hydrogens (tertiary/aromatic N) is 2. The van der Waals surface area contributed by atoms with Crippen molar-refractivity contribution in [3.63, 3.8) is 0 Å². The van der Waals surface area contributed by atoms with Crippen LogP contribution in [0.25, 0.3) is 0 Å². The van der Waals surface area contributed by atoms with Gasteiger partial charge in [0.1, 0.15) is 15.4 Å². The number of aliphatic carboxylic acids is 1. The van der Waals surface area contributed by atoms with Crippen LogP contribution in [0.4, 0.5) is 0 Å². The van der Waals surface area contributed by atoms with Crippen LogP contribution in [0.1, 0.15) is 18.4 Å². The standard InChI is InChI=1S/C10H13ClN2O2S/c1-6-2-3-13(9(6)10(14)15)5-8-12-4-7(11)16-8/h4,6,9H,2-3,5H2,1H3,(H,14,15). The van der Waals surface area contributed by atoms with Gasteiger partial charge in [-0.25, -0.2) is 4.98 Å². The highest BCUT2D eigenvalue weighted by Gasteiger charge is 2.36. The third-order valence-electron chi connectivity index (χ3n) is 2.92. The zero-order chi connectivity index (χ0) is 11.7. The lowest BCUT2D eigenvalue weighted by Gasteiger charge is -2.21. The zero-order valence-electron chi connectivity index (χ0n) is 8.89. The number of hydrogen-bond donors (Lipinski definition) is 1. The smallest absolute Gasteiger partial charge is 0.321 e. The first-order chi connectivity index (χ1) is 7.58. The molecule has 2 atom stereocenters. The largest absolute Gasteiger partial charge is 0.480 e. The predicted octanol–water partition coefficient (Wildman–Crippen LogP) is 2.09. The van der Waals surface area contributed by atoms with E-state index in [1.807, 2.05) is 11.8 Å². The van der Waals surface area contributed by atoms with Crippen LogP contribution >= 0.6 is 22.9 Å². The first-order valence-electron chi connectivity index (χ1n) is 5.15. The molecule has 2 unspecified atom stereocenters. The highest BCUT2D eigenvalue weighted by atomic mass is 35.5. The number of carboxylic acids is 1. The predicted molar refractivity (Wildman–Crippen MR) is 62.7 cm³/mol. The van der Waals surface area contributed by atoms with Gasteiger partial charge in [-0.2, -0.15) is 0 Å². The molecular weight excluding hydrogens is 248 g/mol. The SMILES string of the molecule is CC1CCN(Cc2ncc(Cl)s2)C1C(=O)O. The first kappa shape index (κ1) is 11.8. The Morgan fingerprint density at radius 2 is 2.56 bits per heavy atom. The molecule has 6 heteroatoms. The lowest BCUT2D eigenvalue weighted by atomic mass is 10.0. The van der Waals surface area contributed by atoms with Gasteiger partial charge in [0, 0.05) is 0 Å². The minimum absolute atomic E-state index is 0.202. The molecule has 1 aromatic rings. The van der Waals surface area contributed by atoms with E-state index in [4.69, 9.17) is 16.7 Å².